The monoisotopic (exact) mass is 379 g/mol. The third-order valence-corrected chi connectivity index (χ3v) is 5.07. The van der Waals surface area contributed by atoms with E-state index in [1.165, 1.54) is 0 Å². The number of halogens is 1. The van der Waals surface area contributed by atoms with Crippen molar-refractivity contribution in [3.05, 3.63) is 34.7 Å². The van der Waals surface area contributed by atoms with Gasteiger partial charge in [0, 0.05) is 42.1 Å². The molecule has 1 saturated heterocycles. The molecule has 0 spiro atoms. The molecule has 134 valence electrons. The first kappa shape index (κ1) is 18.0. The van der Waals surface area contributed by atoms with E-state index in [1.54, 1.807) is 16.2 Å². The van der Waals surface area contributed by atoms with Crippen molar-refractivity contribution >= 4 is 34.2 Å². The number of aromatic nitrogens is 1. The molecule has 3 rings (SSSR count). The van der Waals surface area contributed by atoms with Crippen LogP contribution in [0, 0.1) is 0 Å². The molecular weight excluding hydrogens is 358 g/mol. The largest absolute Gasteiger partial charge is 0.444 e. The summed E-state index contributed by atoms with van der Waals surface area (Å²) in [5.41, 5.74) is 1.37. The first-order chi connectivity index (χ1) is 11.8. The van der Waals surface area contributed by atoms with Crippen LogP contribution in [0.5, 0.6) is 0 Å². The van der Waals surface area contributed by atoms with Gasteiger partial charge in [0.2, 0.25) is 0 Å². The van der Waals surface area contributed by atoms with Gasteiger partial charge in [-0.3, -0.25) is 0 Å². The Morgan fingerprint density at radius 1 is 1.20 bits per heavy atom. The third-order valence-electron chi connectivity index (χ3n) is 3.84. The van der Waals surface area contributed by atoms with Crippen LogP contribution in [-0.4, -0.2) is 47.8 Å². The fourth-order valence-corrected chi connectivity index (χ4v) is 3.72. The Morgan fingerprint density at radius 2 is 1.88 bits per heavy atom. The Hall–Kier alpha value is -1.79. The van der Waals surface area contributed by atoms with Gasteiger partial charge in [-0.1, -0.05) is 29.8 Å². The number of hydrogen-bond donors (Lipinski definition) is 0. The molecule has 0 bridgehead atoms. The van der Waals surface area contributed by atoms with Crippen molar-refractivity contribution in [3.8, 4) is 11.3 Å². The van der Waals surface area contributed by atoms with Gasteiger partial charge in [0.25, 0.3) is 0 Å². The Labute approximate surface area is 157 Å². The Kier molecular flexibility index (Phi) is 5.20. The van der Waals surface area contributed by atoms with Gasteiger partial charge in [-0.05, 0) is 26.8 Å². The highest BCUT2D eigenvalue weighted by Gasteiger charge is 2.26. The van der Waals surface area contributed by atoms with Crippen LogP contribution in [0.3, 0.4) is 0 Å². The SMILES string of the molecule is CC(C)(C)OC(=O)N1CCN(c2nc(-c3ccccc3Cl)cs2)CC1. The van der Waals surface area contributed by atoms with Gasteiger partial charge in [0.1, 0.15) is 5.60 Å². The highest BCUT2D eigenvalue weighted by molar-refractivity contribution is 7.14. The normalized spacial score (nSPS) is 15.4. The molecule has 0 unspecified atom stereocenters. The lowest BCUT2D eigenvalue weighted by Gasteiger charge is -2.35. The van der Waals surface area contributed by atoms with Crippen LogP contribution in [0.1, 0.15) is 20.8 Å². The van der Waals surface area contributed by atoms with Crippen molar-refractivity contribution in [1.82, 2.24) is 9.88 Å². The number of anilines is 1. The van der Waals surface area contributed by atoms with Gasteiger partial charge >= 0.3 is 6.09 Å². The number of nitrogens with zero attached hydrogens (tertiary/aromatic N) is 3. The molecule has 1 aliphatic rings. The molecule has 5 nitrogen and oxygen atoms in total. The average Bonchev–Trinajstić information content (AvgIpc) is 3.03. The molecule has 0 aliphatic carbocycles. The number of piperazine rings is 1. The molecule has 1 amide bonds. The summed E-state index contributed by atoms with van der Waals surface area (Å²) in [6.45, 7) is 8.40. The summed E-state index contributed by atoms with van der Waals surface area (Å²) in [7, 11) is 0. The van der Waals surface area contributed by atoms with Crippen molar-refractivity contribution in [2.45, 2.75) is 26.4 Å². The van der Waals surface area contributed by atoms with E-state index in [9.17, 15) is 4.79 Å². The number of hydrogen-bond acceptors (Lipinski definition) is 5. The van der Waals surface area contributed by atoms with E-state index in [0.29, 0.717) is 18.1 Å². The summed E-state index contributed by atoms with van der Waals surface area (Å²) in [5, 5.41) is 3.68. The Balaban J connectivity index is 1.63. The molecule has 1 aromatic heterocycles. The number of amides is 1. The molecule has 0 radical (unpaired) electrons. The van der Waals surface area contributed by atoms with E-state index < -0.39 is 5.60 Å². The van der Waals surface area contributed by atoms with Crippen LogP contribution in [0.4, 0.5) is 9.93 Å². The molecule has 25 heavy (non-hydrogen) atoms. The molecular formula is C18H22ClN3O2S. The topological polar surface area (TPSA) is 45.7 Å². The Bertz CT molecular complexity index is 749. The number of benzene rings is 1. The molecule has 1 fully saturated rings. The minimum absolute atomic E-state index is 0.247. The van der Waals surface area contributed by atoms with Gasteiger partial charge in [0.15, 0.2) is 5.13 Å². The number of rotatable bonds is 2. The molecule has 1 aliphatic heterocycles. The lowest BCUT2D eigenvalue weighted by molar-refractivity contribution is 0.0240. The molecule has 1 aromatic carbocycles. The summed E-state index contributed by atoms with van der Waals surface area (Å²) < 4.78 is 5.43. The summed E-state index contributed by atoms with van der Waals surface area (Å²) in [6, 6.07) is 7.71. The second-order valence-electron chi connectivity index (χ2n) is 6.95. The molecule has 7 heteroatoms. The van der Waals surface area contributed by atoms with Crippen molar-refractivity contribution in [2.24, 2.45) is 0 Å². The fourth-order valence-electron chi connectivity index (χ4n) is 2.61. The summed E-state index contributed by atoms with van der Waals surface area (Å²) in [6.07, 6.45) is -0.247. The zero-order valence-electron chi connectivity index (χ0n) is 14.7. The van der Waals surface area contributed by atoms with Crippen LogP contribution in [0.25, 0.3) is 11.3 Å². The predicted octanol–water partition coefficient (Wildman–Crippen LogP) is 4.52. The quantitative estimate of drug-likeness (QED) is 0.769. The van der Waals surface area contributed by atoms with E-state index in [4.69, 9.17) is 21.3 Å². The fraction of sp³-hybridized carbons (Fsp3) is 0.444. The van der Waals surface area contributed by atoms with E-state index in [1.807, 2.05) is 50.4 Å². The minimum atomic E-state index is -0.465. The van der Waals surface area contributed by atoms with Gasteiger partial charge in [-0.15, -0.1) is 11.3 Å². The minimum Gasteiger partial charge on any atom is -0.444 e. The van der Waals surface area contributed by atoms with Crippen LogP contribution >= 0.6 is 22.9 Å². The van der Waals surface area contributed by atoms with Crippen molar-refractivity contribution in [3.63, 3.8) is 0 Å². The standard InChI is InChI=1S/C18H22ClN3O2S/c1-18(2,3)24-17(23)22-10-8-21(9-11-22)16-20-15(12-25-16)13-6-4-5-7-14(13)19/h4-7,12H,8-11H2,1-3H3. The average molecular weight is 380 g/mol. The zero-order chi connectivity index (χ0) is 18.0. The van der Waals surface area contributed by atoms with Gasteiger partial charge in [0.05, 0.1) is 5.69 Å². The summed E-state index contributed by atoms with van der Waals surface area (Å²) >= 11 is 7.85. The smallest absolute Gasteiger partial charge is 0.410 e. The van der Waals surface area contributed by atoms with Gasteiger partial charge in [-0.25, -0.2) is 9.78 Å². The van der Waals surface area contributed by atoms with Crippen molar-refractivity contribution in [2.75, 3.05) is 31.1 Å². The number of carbonyl (C=O) groups is 1. The van der Waals surface area contributed by atoms with Crippen LogP contribution < -0.4 is 4.90 Å². The molecule has 0 saturated carbocycles. The third kappa shape index (κ3) is 4.44. The molecule has 0 N–H and O–H groups in total. The van der Waals surface area contributed by atoms with Gasteiger partial charge in [-0.2, -0.15) is 0 Å². The first-order valence-electron chi connectivity index (χ1n) is 8.27. The summed E-state index contributed by atoms with van der Waals surface area (Å²) in [5.74, 6) is 0. The predicted molar refractivity (Wildman–Crippen MR) is 103 cm³/mol. The van der Waals surface area contributed by atoms with Crippen molar-refractivity contribution in [1.29, 1.82) is 0 Å². The Morgan fingerprint density at radius 3 is 2.52 bits per heavy atom. The number of thiazole rings is 1. The highest BCUT2D eigenvalue weighted by Crippen LogP contribution is 2.32. The maximum atomic E-state index is 12.1. The lowest BCUT2D eigenvalue weighted by atomic mass is 10.2. The maximum Gasteiger partial charge on any atom is 0.410 e. The van der Waals surface area contributed by atoms with Crippen LogP contribution in [-0.2, 0) is 4.74 Å². The van der Waals surface area contributed by atoms with Crippen LogP contribution in [0.15, 0.2) is 29.6 Å². The van der Waals surface area contributed by atoms with E-state index in [2.05, 4.69) is 4.90 Å². The number of carbonyl (C=O) groups excluding carboxylic acids is 1. The highest BCUT2D eigenvalue weighted by atomic mass is 35.5. The van der Waals surface area contributed by atoms with E-state index in [0.717, 1.165) is 29.5 Å². The maximum absolute atomic E-state index is 12.1. The molecule has 2 aromatic rings. The molecule has 0 atom stereocenters. The van der Waals surface area contributed by atoms with Gasteiger partial charge < -0.3 is 14.5 Å². The number of ether oxygens (including phenoxy) is 1. The van der Waals surface area contributed by atoms with Crippen molar-refractivity contribution < 1.29 is 9.53 Å². The zero-order valence-corrected chi connectivity index (χ0v) is 16.2. The second kappa shape index (κ2) is 7.22. The molecule has 2 heterocycles. The lowest BCUT2D eigenvalue weighted by Crippen LogP contribution is -2.50. The van der Waals surface area contributed by atoms with E-state index in [-0.39, 0.29) is 6.09 Å². The second-order valence-corrected chi connectivity index (χ2v) is 8.19. The first-order valence-corrected chi connectivity index (χ1v) is 9.52. The van der Waals surface area contributed by atoms with Crippen LogP contribution in [0.2, 0.25) is 5.02 Å². The van der Waals surface area contributed by atoms with E-state index >= 15 is 0 Å². The summed E-state index contributed by atoms with van der Waals surface area (Å²) in [4.78, 5) is 20.8.